The van der Waals surface area contributed by atoms with E-state index in [2.05, 4.69) is 21.9 Å². The highest BCUT2D eigenvalue weighted by atomic mass is 32.2. The predicted molar refractivity (Wildman–Crippen MR) is 124 cm³/mol. The van der Waals surface area contributed by atoms with Crippen LogP contribution in [0.1, 0.15) is 11.1 Å². The van der Waals surface area contributed by atoms with E-state index in [1.807, 2.05) is 18.2 Å². The van der Waals surface area contributed by atoms with Gasteiger partial charge in [0.05, 0.1) is 28.8 Å². The fourth-order valence-corrected chi connectivity index (χ4v) is 9.64. The van der Waals surface area contributed by atoms with Gasteiger partial charge >= 0.3 is 0 Å². The van der Waals surface area contributed by atoms with Gasteiger partial charge in [0.1, 0.15) is 5.75 Å². The van der Waals surface area contributed by atoms with E-state index in [0.29, 0.717) is 24.4 Å². The van der Waals surface area contributed by atoms with E-state index in [9.17, 15) is 16.8 Å². The van der Waals surface area contributed by atoms with Gasteiger partial charge in [-0.05, 0) is 36.2 Å². The molecule has 2 fully saturated rings. The van der Waals surface area contributed by atoms with Crippen molar-refractivity contribution in [2.24, 2.45) is 0 Å². The number of ether oxygens (including phenoxy) is 1. The van der Waals surface area contributed by atoms with E-state index in [0.717, 1.165) is 19.6 Å². The maximum atomic E-state index is 13.5. The second-order valence-electron chi connectivity index (χ2n) is 8.66. The lowest BCUT2D eigenvalue weighted by atomic mass is 10.1. The summed E-state index contributed by atoms with van der Waals surface area (Å²) in [4.78, 5) is 4.54. The maximum Gasteiger partial charge on any atom is 0.183 e. The van der Waals surface area contributed by atoms with Crippen LogP contribution in [0.3, 0.4) is 0 Å². The van der Waals surface area contributed by atoms with Gasteiger partial charge in [0, 0.05) is 38.8 Å². The Morgan fingerprint density at radius 2 is 1.69 bits per heavy atom. The van der Waals surface area contributed by atoms with Crippen molar-refractivity contribution < 1.29 is 21.6 Å². The first-order chi connectivity index (χ1) is 15.2. The summed E-state index contributed by atoms with van der Waals surface area (Å²) < 4.78 is 57.3. The lowest BCUT2D eigenvalue weighted by molar-refractivity contribution is 0.101. The van der Waals surface area contributed by atoms with E-state index < -0.39 is 31.0 Å². The Morgan fingerprint density at radius 3 is 2.31 bits per heavy atom. The summed E-state index contributed by atoms with van der Waals surface area (Å²) in [5.74, 6) is 0.175. The van der Waals surface area contributed by atoms with Gasteiger partial charge in [-0.1, -0.05) is 30.3 Å². The molecule has 0 aliphatic carbocycles. The van der Waals surface area contributed by atoms with Gasteiger partial charge in [-0.15, -0.1) is 0 Å². The van der Waals surface area contributed by atoms with Crippen LogP contribution in [0.25, 0.3) is 0 Å². The summed E-state index contributed by atoms with van der Waals surface area (Å²) in [7, 11) is -5.70. The third-order valence-electron chi connectivity index (χ3n) is 6.49. The number of hydrogen-bond acceptors (Lipinski definition) is 7. The number of benzene rings is 2. The van der Waals surface area contributed by atoms with Crippen molar-refractivity contribution >= 4 is 19.7 Å². The normalized spacial score (nSPS) is 24.4. The summed E-state index contributed by atoms with van der Waals surface area (Å²) in [6.07, 6.45) is 0. The fourth-order valence-electron chi connectivity index (χ4n) is 4.73. The van der Waals surface area contributed by atoms with E-state index in [4.69, 9.17) is 4.74 Å². The van der Waals surface area contributed by atoms with Crippen LogP contribution in [0.15, 0.2) is 53.4 Å². The molecule has 2 atom stereocenters. The van der Waals surface area contributed by atoms with Gasteiger partial charge in [0.25, 0.3) is 0 Å². The quantitative estimate of drug-likeness (QED) is 0.626. The summed E-state index contributed by atoms with van der Waals surface area (Å²) >= 11 is 0. The molecule has 7 nitrogen and oxygen atoms in total. The Hall–Kier alpha value is -1.94. The molecule has 0 saturated carbocycles. The highest BCUT2D eigenvalue weighted by molar-refractivity contribution is 7.96. The van der Waals surface area contributed by atoms with Crippen molar-refractivity contribution in [1.82, 2.24) is 9.80 Å². The number of rotatable bonds is 6. The molecule has 2 aliphatic heterocycles. The molecule has 2 aromatic rings. The van der Waals surface area contributed by atoms with Crippen molar-refractivity contribution in [2.75, 3.05) is 44.8 Å². The van der Waals surface area contributed by atoms with Crippen LogP contribution in [0.2, 0.25) is 0 Å². The molecule has 9 heteroatoms. The molecule has 32 heavy (non-hydrogen) atoms. The van der Waals surface area contributed by atoms with Crippen LogP contribution < -0.4 is 4.74 Å². The molecule has 0 N–H and O–H groups in total. The van der Waals surface area contributed by atoms with E-state index >= 15 is 0 Å². The Balaban J connectivity index is 1.51. The summed E-state index contributed by atoms with van der Waals surface area (Å²) in [5.41, 5.74) is 1.94. The SMILES string of the molecule is COc1ccc(S(=O)(=O)[C@H]2CS(=O)(=O)C[C@H]2N2CCN(Cc3ccccc3)CC2)cc1C. The highest BCUT2D eigenvalue weighted by Gasteiger charge is 2.48. The van der Waals surface area contributed by atoms with E-state index in [-0.39, 0.29) is 16.4 Å². The number of hydrogen-bond donors (Lipinski definition) is 0. The van der Waals surface area contributed by atoms with Crippen molar-refractivity contribution in [2.45, 2.75) is 29.7 Å². The first-order valence-electron chi connectivity index (χ1n) is 10.8. The molecule has 174 valence electrons. The molecule has 0 unspecified atom stereocenters. The minimum atomic E-state index is -3.81. The smallest absolute Gasteiger partial charge is 0.183 e. The van der Waals surface area contributed by atoms with Crippen LogP contribution in [0.5, 0.6) is 5.75 Å². The largest absolute Gasteiger partial charge is 0.496 e. The molecule has 4 rings (SSSR count). The fraction of sp³-hybridized carbons (Fsp3) is 0.478. The number of aryl methyl sites for hydroxylation is 1. The van der Waals surface area contributed by atoms with Crippen molar-refractivity contribution in [1.29, 1.82) is 0 Å². The number of nitrogens with zero attached hydrogens (tertiary/aromatic N) is 2. The molecule has 2 heterocycles. The molecule has 0 radical (unpaired) electrons. The zero-order valence-corrected chi connectivity index (χ0v) is 20.1. The lowest BCUT2D eigenvalue weighted by Crippen LogP contribution is -2.54. The maximum absolute atomic E-state index is 13.5. The molecule has 2 aliphatic rings. The van der Waals surface area contributed by atoms with Gasteiger partial charge in [-0.3, -0.25) is 9.80 Å². The topological polar surface area (TPSA) is 84.0 Å². The predicted octanol–water partition coefficient (Wildman–Crippen LogP) is 1.76. The second-order valence-corrected chi connectivity index (χ2v) is 13.0. The third kappa shape index (κ3) is 4.85. The Kier molecular flexibility index (Phi) is 6.63. The van der Waals surface area contributed by atoms with Crippen molar-refractivity contribution in [3.63, 3.8) is 0 Å². The number of sulfone groups is 2. The Labute approximate surface area is 190 Å². The second kappa shape index (κ2) is 9.13. The average molecular weight is 479 g/mol. The van der Waals surface area contributed by atoms with Crippen LogP contribution in [0, 0.1) is 6.92 Å². The standard InChI is InChI=1S/C23H30N2O5S2/c1-18-14-20(8-9-22(18)30-2)32(28,29)23-17-31(26,27)16-21(23)25-12-10-24(11-13-25)15-19-6-4-3-5-7-19/h3-9,14,21,23H,10-13,15-17H2,1-2H3/t21-,23+/m1/s1. The van der Waals surface area contributed by atoms with Crippen molar-refractivity contribution in [3.05, 3.63) is 59.7 Å². The molecule has 0 amide bonds. The molecular formula is C23H30N2O5S2. The number of methoxy groups -OCH3 is 1. The molecular weight excluding hydrogens is 448 g/mol. The molecule has 2 saturated heterocycles. The Bertz CT molecular complexity index is 1160. The first kappa shape index (κ1) is 23.2. The lowest BCUT2D eigenvalue weighted by Gasteiger charge is -2.39. The summed E-state index contributed by atoms with van der Waals surface area (Å²) in [6.45, 7) is 5.48. The van der Waals surface area contributed by atoms with Gasteiger partial charge in [-0.2, -0.15) is 0 Å². The monoisotopic (exact) mass is 478 g/mol. The van der Waals surface area contributed by atoms with Crippen molar-refractivity contribution in [3.8, 4) is 5.75 Å². The highest BCUT2D eigenvalue weighted by Crippen LogP contribution is 2.31. The minimum absolute atomic E-state index is 0.106. The minimum Gasteiger partial charge on any atom is -0.496 e. The Morgan fingerprint density at radius 1 is 1.00 bits per heavy atom. The van der Waals surface area contributed by atoms with Crippen LogP contribution in [-0.4, -0.2) is 82.7 Å². The summed E-state index contributed by atoms with van der Waals surface area (Å²) in [5, 5.41) is -0.957. The molecule has 0 aromatic heterocycles. The number of piperazine rings is 1. The third-order valence-corrected chi connectivity index (χ3v) is 10.6. The van der Waals surface area contributed by atoms with Crippen LogP contribution in [-0.2, 0) is 26.2 Å². The van der Waals surface area contributed by atoms with Crippen LogP contribution in [0.4, 0.5) is 0 Å². The van der Waals surface area contributed by atoms with Gasteiger partial charge in [-0.25, -0.2) is 16.8 Å². The van der Waals surface area contributed by atoms with Gasteiger partial charge < -0.3 is 4.74 Å². The molecule has 2 aromatic carbocycles. The van der Waals surface area contributed by atoms with Gasteiger partial charge in [0.15, 0.2) is 19.7 Å². The molecule has 0 bridgehead atoms. The summed E-state index contributed by atoms with van der Waals surface area (Å²) in [6, 6.07) is 14.4. The first-order valence-corrected chi connectivity index (χ1v) is 14.2. The zero-order chi connectivity index (χ0) is 22.9. The van der Waals surface area contributed by atoms with Crippen LogP contribution >= 0.6 is 0 Å². The van der Waals surface area contributed by atoms with E-state index in [1.54, 1.807) is 19.1 Å². The van der Waals surface area contributed by atoms with Gasteiger partial charge in [0.2, 0.25) is 0 Å². The zero-order valence-electron chi connectivity index (χ0n) is 18.5. The van der Waals surface area contributed by atoms with E-state index in [1.165, 1.54) is 18.7 Å². The average Bonchev–Trinajstić information content (AvgIpc) is 3.11. The molecule has 0 spiro atoms.